The van der Waals surface area contributed by atoms with Gasteiger partial charge >= 0.3 is 0 Å². The molecule has 0 aromatic heterocycles. The fraction of sp³-hybridized carbons (Fsp3) is 0.119. The second kappa shape index (κ2) is 15.3. The maximum Gasteiger partial charge on any atom is 0.0719 e. The zero-order valence-electron chi connectivity index (χ0n) is 34.6. The smallest absolute Gasteiger partial charge is 0.0719 e. The SMILES string of the molecule is Cc1cc(-c2ccccc2)cc(N(c2ccc3c(c2)-c2ccccc2C32c3ccccc3C(C)(C)c3ccccc32)C2CC=CC=C2c2ccccc2)c1.c1ccccc1. The zero-order valence-corrected chi connectivity index (χ0v) is 34.6. The van der Waals surface area contributed by atoms with Crippen LogP contribution in [0.25, 0.3) is 27.8 Å². The second-order valence-corrected chi connectivity index (χ2v) is 16.9. The minimum atomic E-state index is -0.412. The number of fused-ring (bicyclic) bond motifs is 9. The highest BCUT2D eigenvalue weighted by Crippen LogP contribution is 2.62. The molecular weight excluding hydrogens is 723 g/mol. The molecular formula is C59H49N. The van der Waals surface area contributed by atoms with E-state index >= 15 is 0 Å². The Balaban J connectivity index is 0.000000666. The lowest BCUT2D eigenvalue weighted by Crippen LogP contribution is -2.40. The molecule has 8 aromatic rings. The number of anilines is 2. The van der Waals surface area contributed by atoms with Crippen molar-refractivity contribution in [1.29, 1.82) is 0 Å². The average Bonchev–Trinajstić information content (AvgIpc) is 3.60. The molecule has 11 rings (SSSR count). The van der Waals surface area contributed by atoms with Gasteiger partial charge in [-0.05, 0) is 110 Å². The van der Waals surface area contributed by atoms with Gasteiger partial charge in [-0.15, -0.1) is 0 Å². The van der Waals surface area contributed by atoms with E-state index in [9.17, 15) is 0 Å². The van der Waals surface area contributed by atoms with Gasteiger partial charge in [0.25, 0.3) is 0 Å². The summed E-state index contributed by atoms with van der Waals surface area (Å²) in [7, 11) is 0. The van der Waals surface area contributed by atoms with Gasteiger partial charge in [0.1, 0.15) is 0 Å². The van der Waals surface area contributed by atoms with E-state index in [1.165, 1.54) is 83.7 Å². The molecule has 1 heteroatoms. The van der Waals surface area contributed by atoms with E-state index < -0.39 is 5.41 Å². The Morgan fingerprint density at radius 3 is 1.58 bits per heavy atom. The molecule has 0 saturated heterocycles. The fourth-order valence-electron chi connectivity index (χ4n) is 10.4. The van der Waals surface area contributed by atoms with Crippen LogP contribution in [0.4, 0.5) is 11.4 Å². The largest absolute Gasteiger partial charge is 0.334 e. The summed E-state index contributed by atoms with van der Waals surface area (Å²) >= 11 is 0. The summed E-state index contributed by atoms with van der Waals surface area (Å²) in [6, 6.07) is 75.8. The van der Waals surface area contributed by atoms with E-state index in [-0.39, 0.29) is 11.5 Å². The molecule has 3 aliphatic rings. The fourth-order valence-corrected chi connectivity index (χ4v) is 10.4. The van der Waals surface area contributed by atoms with Crippen LogP contribution in [-0.2, 0) is 10.8 Å². The van der Waals surface area contributed by atoms with Gasteiger partial charge < -0.3 is 4.90 Å². The number of aryl methyl sites for hydroxylation is 1. The molecule has 3 aliphatic carbocycles. The van der Waals surface area contributed by atoms with Crippen molar-refractivity contribution in [3.8, 4) is 22.3 Å². The molecule has 60 heavy (non-hydrogen) atoms. The maximum atomic E-state index is 2.61. The predicted octanol–water partition coefficient (Wildman–Crippen LogP) is 14.9. The van der Waals surface area contributed by atoms with Crippen LogP contribution in [0, 0.1) is 6.92 Å². The monoisotopic (exact) mass is 771 g/mol. The molecule has 1 atom stereocenters. The van der Waals surface area contributed by atoms with Crippen molar-refractivity contribution < 1.29 is 0 Å². The third kappa shape index (κ3) is 6.16. The van der Waals surface area contributed by atoms with E-state index in [0.717, 1.165) is 6.42 Å². The summed E-state index contributed by atoms with van der Waals surface area (Å²) in [6.07, 6.45) is 7.78. The van der Waals surface area contributed by atoms with Gasteiger partial charge in [-0.1, -0.05) is 214 Å². The number of hydrogen-bond donors (Lipinski definition) is 0. The first-order valence-corrected chi connectivity index (χ1v) is 21.3. The lowest BCUT2D eigenvalue weighted by atomic mass is 9.55. The lowest BCUT2D eigenvalue weighted by molar-refractivity contribution is 0.563. The summed E-state index contributed by atoms with van der Waals surface area (Å²) in [5, 5.41) is 0. The van der Waals surface area contributed by atoms with Crippen LogP contribution in [0.15, 0.2) is 224 Å². The number of benzene rings is 8. The van der Waals surface area contributed by atoms with Crippen molar-refractivity contribution >= 4 is 16.9 Å². The zero-order chi connectivity index (χ0) is 40.7. The Kier molecular flexibility index (Phi) is 9.53. The summed E-state index contributed by atoms with van der Waals surface area (Å²) in [4.78, 5) is 2.61. The van der Waals surface area contributed by atoms with Crippen molar-refractivity contribution in [3.05, 3.63) is 269 Å². The molecule has 0 saturated carbocycles. The van der Waals surface area contributed by atoms with Crippen LogP contribution in [0.2, 0.25) is 0 Å². The van der Waals surface area contributed by atoms with Crippen molar-refractivity contribution in [2.24, 2.45) is 0 Å². The van der Waals surface area contributed by atoms with Crippen LogP contribution < -0.4 is 4.90 Å². The average molecular weight is 772 g/mol. The maximum absolute atomic E-state index is 2.61. The van der Waals surface area contributed by atoms with Gasteiger partial charge in [0, 0.05) is 16.8 Å². The normalized spacial score (nSPS) is 16.0. The summed E-state index contributed by atoms with van der Waals surface area (Å²) in [5.74, 6) is 0. The predicted molar refractivity (Wildman–Crippen MR) is 253 cm³/mol. The molecule has 0 radical (unpaired) electrons. The van der Waals surface area contributed by atoms with E-state index in [2.05, 4.69) is 214 Å². The van der Waals surface area contributed by atoms with Gasteiger partial charge in [0.05, 0.1) is 11.5 Å². The molecule has 290 valence electrons. The third-order valence-corrected chi connectivity index (χ3v) is 13.0. The highest BCUT2D eigenvalue weighted by molar-refractivity contribution is 5.91. The summed E-state index contributed by atoms with van der Waals surface area (Å²) in [6.45, 7) is 7.01. The standard InChI is InChI=1S/C53H43N.C6H6/c1-36-32-39(37-18-6-4-7-19-37)34-41(33-36)54(51-29-17-11-22-42(51)38-20-8-5-9-21-38)40-30-31-46-44(35-40)43-23-10-12-24-45(43)53(46)49-27-15-13-25-47(49)52(2,3)48-26-14-16-28-50(48)53;1-2-4-6-5-3-1/h4-28,30-35,51H,29H2,1-3H3;1-6H. The van der Waals surface area contributed by atoms with Crippen molar-refractivity contribution in [1.82, 2.24) is 0 Å². The van der Waals surface area contributed by atoms with Crippen LogP contribution in [0.3, 0.4) is 0 Å². The Morgan fingerprint density at radius 1 is 0.433 bits per heavy atom. The molecule has 0 fully saturated rings. The number of nitrogens with zero attached hydrogens (tertiary/aromatic N) is 1. The molecule has 0 bridgehead atoms. The molecule has 0 heterocycles. The Hall–Kier alpha value is -6.96. The molecule has 0 N–H and O–H groups in total. The second-order valence-electron chi connectivity index (χ2n) is 16.9. The Bertz CT molecular complexity index is 2800. The number of hydrogen-bond acceptors (Lipinski definition) is 1. The Labute approximate surface area is 355 Å². The van der Waals surface area contributed by atoms with Crippen LogP contribution in [0.1, 0.15) is 64.8 Å². The molecule has 1 nitrogen and oxygen atoms in total. The van der Waals surface area contributed by atoms with Crippen molar-refractivity contribution in [2.75, 3.05) is 4.90 Å². The minimum absolute atomic E-state index is 0.100. The summed E-state index contributed by atoms with van der Waals surface area (Å²) in [5.41, 5.74) is 19.1. The van der Waals surface area contributed by atoms with Gasteiger partial charge in [-0.25, -0.2) is 0 Å². The van der Waals surface area contributed by atoms with Gasteiger partial charge in [-0.3, -0.25) is 0 Å². The van der Waals surface area contributed by atoms with Crippen molar-refractivity contribution in [2.45, 2.75) is 44.1 Å². The number of rotatable bonds is 5. The molecule has 0 aliphatic heterocycles. The van der Waals surface area contributed by atoms with E-state index in [1.54, 1.807) is 0 Å². The summed E-state index contributed by atoms with van der Waals surface area (Å²) < 4.78 is 0. The van der Waals surface area contributed by atoms with E-state index in [0.29, 0.717) is 0 Å². The van der Waals surface area contributed by atoms with Crippen LogP contribution in [0.5, 0.6) is 0 Å². The first kappa shape index (κ1) is 37.3. The minimum Gasteiger partial charge on any atom is -0.334 e. The molecule has 0 amide bonds. The highest BCUT2D eigenvalue weighted by Gasteiger charge is 2.53. The molecule has 1 unspecified atom stereocenters. The highest BCUT2D eigenvalue weighted by atomic mass is 15.2. The number of allylic oxidation sites excluding steroid dienone is 2. The van der Waals surface area contributed by atoms with E-state index in [1.807, 2.05) is 36.4 Å². The van der Waals surface area contributed by atoms with E-state index in [4.69, 9.17) is 0 Å². The van der Waals surface area contributed by atoms with Gasteiger partial charge in [0.15, 0.2) is 0 Å². The Morgan fingerprint density at radius 2 is 0.950 bits per heavy atom. The first-order chi connectivity index (χ1) is 29.5. The lowest BCUT2D eigenvalue weighted by Gasteiger charge is -2.46. The third-order valence-electron chi connectivity index (χ3n) is 13.0. The quantitative estimate of drug-likeness (QED) is 0.168. The van der Waals surface area contributed by atoms with Gasteiger partial charge in [-0.2, -0.15) is 0 Å². The topological polar surface area (TPSA) is 3.24 Å². The van der Waals surface area contributed by atoms with Crippen molar-refractivity contribution in [3.63, 3.8) is 0 Å². The van der Waals surface area contributed by atoms with Crippen LogP contribution in [-0.4, -0.2) is 6.04 Å². The first-order valence-electron chi connectivity index (χ1n) is 21.3. The van der Waals surface area contributed by atoms with Crippen LogP contribution >= 0.6 is 0 Å². The molecule has 8 aromatic carbocycles. The molecule has 1 spiro atoms. The van der Waals surface area contributed by atoms with Gasteiger partial charge in [0.2, 0.25) is 0 Å².